The third-order valence-corrected chi connectivity index (χ3v) is 4.77. The number of piperidine rings is 1. The van der Waals surface area contributed by atoms with Gasteiger partial charge in [-0.05, 0) is 37.9 Å². The van der Waals surface area contributed by atoms with Crippen molar-refractivity contribution < 1.29 is 5.11 Å². The number of halogens is 1. The van der Waals surface area contributed by atoms with Crippen LogP contribution >= 0.6 is 11.6 Å². The highest BCUT2D eigenvalue weighted by atomic mass is 35.5. The number of hydrogen-bond acceptors (Lipinski definition) is 4. The van der Waals surface area contributed by atoms with Crippen molar-refractivity contribution in [2.24, 2.45) is 13.0 Å². The lowest BCUT2D eigenvalue weighted by molar-refractivity contribution is 0.0492. The van der Waals surface area contributed by atoms with E-state index in [2.05, 4.69) is 14.9 Å². The fourth-order valence-electron chi connectivity index (χ4n) is 3.08. The lowest BCUT2D eigenvalue weighted by atomic mass is 9.90. The number of aliphatic hydroxyl groups is 1. The number of pyridine rings is 1. The van der Waals surface area contributed by atoms with E-state index in [4.69, 9.17) is 11.6 Å². The number of hydrogen-bond donors (Lipinski definition) is 1. The van der Waals surface area contributed by atoms with Crippen LogP contribution in [0.5, 0.6) is 0 Å². The van der Waals surface area contributed by atoms with Gasteiger partial charge in [0.05, 0.1) is 0 Å². The molecule has 1 saturated heterocycles. The Hall–Kier alpha value is -1.43. The molecule has 2 aromatic heterocycles. The van der Waals surface area contributed by atoms with Gasteiger partial charge in [-0.2, -0.15) is 0 Å². The zero-order valence-corrected chi connectivity index (χ0v) is 13.4. The Morgan fingerprint density at radius 3 is 2.73 bits per heavy atom. The molecule has 1 N–H and O–H groups in total. The van der Waals surface area contributed by atoms with Crippen LogP contribution in [-0.2, 0) is 13.6 Å². The molecule has 3 heterocycles. The number of aliphatic hydroxyl groups excluding tert-OH is 1. The first kappa shape index (κ1) is 15.5. The largest absolute Gasteiger partial charge is 0.385 e. The number of aromatic nitrogens is 3. The minimum absolute atomic E-state index is 0.265. The smallest absolute Gasteiger partial charge is 0.137 e. The molecule has 1 unspecified atom stereocenters. The molecule has 0 aromatic carbocycles. The second-order valence-electron chi connectivity index (χ2n) is 5.91. The normalized spacial score (nSPS) is 18.5. The highest BCUT2D eigenvalue weighted by Crippen LogP contribution is 2.30. The maximum Gasteiger partial charge on any atom is 0.137 e. The molecule has 0 spiro atoms. The predicted molar refractivity (Wildman–Crippen MR) is 85.4 cm³/mol. The van der Waals surface area contributed by atoms with E-state index in [9.17, 15) is 5.11 Å². The SMILES string of the molecule is Cn1ccnc1C(O)C1CCN(Cc2cccnc2Cl)CC1. The summed E-state index contributed by atoms with van der Waals surface area (Å²) in [6.07, 6.45) is 6.76. The van der Waals surface area contributed by atoms with Crippen molar-refractivity contribution in [1.82, 2.24) is 19.4 Å². The van der Waals surface area contributed by atoms with Crippen LogP contribution in [0.25, 0.3) is 0 Å². The minimum atomic E-state index is -0.482. The van der Waals surface area contributed by atoms with Gasteiger partial charge >= 0.3 is 0 Å². The summed E-state index contributed by atoms with van der Waals surface area (Å²) >= 11 is 6.12. The van der Waals surface area contributed by atoms with Gasteiger partial charge in [-0.3, -0.25) is 4.90 Å². The molecule has 0 saturated carbocycles. The van der Waals surface area contributed by atoms with Crippen LogP contribution in [0.2, 0.25) is 5.15 Å². The second-order valence-corrected chi connectivity index (χ2v) is 6.27. The fraction of sp³-hybridized carbons (Fsp3) is 0.500. The Kier molecular flexibility index (Phi) is 4.76. The minimum Gasteiger partial charge on any atom is -0.385 e. The highest BCUT2D eigenvalue weighted by molar-refractivity contribution is 6.30. The van der Waals surface area contributed by atoms with Crippen molar-refractivity contribution in [2.45, 2.75) is 25.5 Å². The van der Waals surface area contributed by atoms with E-state index >= 15 is 0 Å². The zero-order valence-electron chi connectivity index (χ0n) is 12.7. The van der Waals surface area contributed by atoms with Crippen LogP contribution in [0.4, 0.5) is 0 Å². The Morgan fingerprint density at radius 2 is 2.09 bits per heavy atom. The molecule has 0 aliphatic carbocycles. The van der Waals surface area contributed by atoms with Crippen molar-refractivity contribution >= 4 is 11.6 Å². The van der Waals surface area contributed by atoms with Crippen molar-refractivity contribution in [2.75, 3.05) is 13.1 Å². The van der Waals surface area contributed by atoms with Gasteiger partial charge in [-0.25, -0.2) is 9.97 Å². The van der Waals surface area contributed by atoms with Crippen LogP contribution in [0.3, 0.4) is 0 Å². The van der Waals surface area contributed by atoms with Gasteiger partial charge in [-0.15, -0.1) is 0 Å². The summed E-state index contributed by atoms with van der Waals surface area (Å²) < 4.78 is 1.90. The number of aryl methyl sites for hydroxylation is 1. The first-order valence-corrected chi connectivity index (χ1v) is 8.00. The lowest BCUT2D eigenvalue weighted by Gasteiger charge is -2.34. The molecule has 118 valence electrons. The molecular weight excluding hydrogens is 300 g/mol. The lowest BCUT2D eigenvalue weighted by Crippen LogP contribution is -2.35. The average molecular weight is 321 g/mol. The maximum atomic E-state index is 10.5. The van der Waals surface area contributed by atoms with Gasteiger partial charge < -0.3 is 9.67 Å². The monoisotopic (exact) mass is 320 g/mol. The number of likely N-dealkylation sites (tertiary alicyclic amines) is 1. The van der Waals surface area contributed by atoms with E-state index in [0.717, 1.165) is 43.9 Å². The van der Waals surface area contributed by atoms with Crippen LogP contribution in [0.1, 0.15) is 30.3 Å². The molecular formula is C16H21ClN4O. The van der Waals surface area contributed by atoms with Gasteiger partial charge in [0.2, 0.25) is 0 Å². The Labute approximate surface area is 135 Å². The summed E-state index contributed by atoms with van der Waals surface area (Å²) in [5.41, 5.74) is 1.06. The van der Waals surface area contributed by atoms with Gasteiger partial charge in [0.15, 0.2) is 0 Å². The van der Waals surface area contributed by atoms with Gasteiger partial charge in [0.1, 0.15) is 17.1 Å². The predicted octanol–water partition coefficient (Wildman–Crippen LogP) is 2.41. The molecule has 5 nitrogen and oxygen atoms in total. The van der Waals surface area contributed by atoms with Crippen LogP contribution in [0, 0.1) is 5.92 Å². The summed E-state index contributed by atoms with van der Waals surface area (Å²) in [5, 5.41) is 11.1. The van der Waals surface area contributed by atoms with E-state index in [-0.39, 0.29) is 5.92 Å². The standard InChI is InChI=1S/C16H21ClN4O/c1-20-10-7-19-16(20)14(22)12-4-8-21(9-5-12)11-13-3-2-6-18-15(13)17/h2-3,6-7,10,12,14,22H,4-5,8-9,11H2,1H3. The molecule has 1 atom stereocenters. The quantitative estimate of drug-likeness (QED) is 0.879. The van der Waals surface area contributed by atoms with Gasteiger partial charge in [0.25, 0.3) is 0 Å². The van der Waals surface area contributed by atoms with E-state index in [1.54, 1.807) is 12.4 Å². The third-order valence-electron chi connectivity index (χ3n) is 4.43. The third kappa shape index (κ3) is 3.32. The second kappa shape index (κ2) is 6.77. The topological polar surface area (TPSA) is 54.2 Å². The van der Waals surface area contributed by atoms with Gasteiger partial charge in [-0.1, -0.05) is 17.7 Å². The maximum absolute atomic E-state index is 10.5. The van der Waals surface area contributed by atoms with E-state index < -0.39 is 6.10 Å². The molecule has 2 aromatic rings. The number of imidazole rings is 1. The van der Waals surface area contributed by atoms with Crippen molar-refractivity contribution in [3.63, 3.8) is 0 Å². The molecule has 3 rings (SSSR count). The van der Waals surface area contributed by atoms with Crippen molar-refractivity contribution in [3.8, 4) is 0 Å². The molecule has 1 fully saturated rings. The molecule has 0 radical (unpaired) electrons. The summed E-state index contributed by atoms with van der Waals surface area (Å²) in [4.78, 5) is 10.7. The zero-order chi connectivity index (χ0) is 15.5. The number of nitrogens with zero attached hydrogens (tertiary/aromatic N) is 4. The summed E-state index contributed by atoms with van der Waals surface area (Å²) in [6.45, 7) is 2.73. The van der Waals surface area contributed by atoms with Crippen molar-refractivity contribution in [1.29, 1.82) is 0 Å². The molecule has 0 bridgehead atoms. The van der Waals surface area contributed by atoms with Gasteiger partial charge in [0, 0.05) is 37.7 Å². The summed E-state index contributed by atoms with van der Waals surface area (Å²) in [6, 6.07) is 3.93. The number of rotatable bonds is 4. The first-order chi connectivity index (χ1) is 10.6. The highest BCUT2D eigenvalue weighted by Gasteiger charge is 2.28. The summed E-state index contributed by atoms with van der Waals surface area (Å²) in [5.74, 6) is 1.02. The van der Waals surface area contributed by atoms with E-state index in [1.807, 2.05) is 29.9 Å². The van der Waals surface area contributed by atoms with Crippen LogP contribution in [0.15, 0.2) is 30.7 Å². The molecule has 6 heteroatoms. The molecule has 1 aliphatic heterocycles. The Bertz CT molecular complexity index is 622. The van der Waals surface area contributed by atoms with Crippen LogP contribution in [-0.4, -0.2) is 37.6 Å². The van der Waals surface area contributed by atoms with Crippen LogP contribution < -0.4 is 0 Å². The fourth-order valence-corrected chi connectivity index (χ4v) is 3.26. The molecule has 22 heavy (non-hydrogen) atoms. The van der Waals surface area contributed by atoms with Crippen molar-refractivity contribution in [3.05, 3.63) is 47.3 Å². The Morgan fingerprint density at radius 1 is 1.32 bits per heavy atom. The molecule has 0 amide bonds. The first-order valence-electron chi connectivity index (χ1n) is 7.62. The summed E-state index contributed by atoms with van der Waals surface area (Å²) in [7, 11) is 1.92. The molecule has 1 aliphatic rings. The average Bonchev–Trinajstić information content (AvgIpc) is 2.96. The van der Waals surface area contributed by atoms with E-state index in [1.165, 1.54) is 0 Å². The Balaban J connectivity index is 1.57. The van der Waals surface area contributed by atoms with E-state index in [0.29, 0.717) is 5.15 Å².